The molecule has 2 N–H and O–H groups in total. The van der Waals surface area contributed by atoms with Gasteiger partial charge < -0.3 is 14.8 Å². The van der Waals surface area contributed by atoms with E-state index >= 15 is 0 Å². The molecule has 1 fully saturated rings. The highest BCUT2D eigenvalue weighted by Crippen LogP contribution is 2.35. The van der Waals surface area contributed by atoms with Crippen LogP contribution in [-0.4, -0.2) is 61.4 Å². The zero-order valence-corrected chi connectivity index (χ0v) is 19.7. The summed E-state index contributed by atoms with van der Waals surface area (Å²) in [4.78, 5) is 12.9. The second kappa shape index (κ2) is 12.1. The topological polar surface area (TPSA) is 79.9 Å². The smallest absolute Gasteiger partial charge is 0.255 e. The second-order valence-corrected chi connectivity index (χ2v) is 9.41. The lowest BCUT2D eigenvalue weighted by Gasteiger charge is -2.41. The minimum atomic E-state index is -1.23. The largest absolute Gasteiger partial charge is 0.496 e. The maximum absolute atomic E-state index is 12.9. The minimum absolute atomic E-state index is 0.105. The Morgan fingerprint density at radius 1 is 1.06 bits per heavy atom. The number of rotatable bonds is 11. The molecule has 0 spiro atoms. The van der Waals surface area contributed by atoms with Gasteiger partial charge in [0, 0.05) is 33.3 Å². The Bertz CT molecular complexity index is 886. The summed E-state index contributed by atoms with van der Waals surface area (Å²) in [6.45, 7) is 3.01. The van der Waals surface area contributed by atoms with Crippen LogP contribution in [0, 0.1) is 5.41 Å². The molecule has 1 amide bonds. The summed E-state index contributed by atoms with van der Waals surface area (Å²) in [5, 5.41) is 3.14. The molecular formula is C24H33N3O4S. The molecule has 174 valence electrons. The number of hydrogen-bond donors (Lipinski definition) is 2. The van der Waals surface area contributed by atoms with Crippen LogP contribution < -0.4 is 14.8 Å². The Labute approximate surface area is 193 Å². The fraction of sp³-hybridized carbons (Fsp3) is 0.458. The summed E-state index contributed by atoms with van der Waals surface area (Å²) in [6, 6.07) is 17.6. The van der Waals surface area contributed by atoms with Crippen molar-refractivity contribution in [3.8, 4) is 5.75 Å². The molecule has 2 aromatic rings. The number of nitrogens with zero attached hydrogens (tertiary/aromatic N) is 1. The van der Waals surface area contributed by atoms with E-state index in [-0.39, 0.29) is 11.3 Å². The SMILES string of the molecule is COCCNS(=O)N1CCC(CNC(=O)c2ccccc2OC)(Cc2ccccc2)CC1. The van der Waals surface area contributed by atoms with Gasteiger partial charge in [-0.25, -0.2) is 13.2 Å². The van der Waals surface area contributed by atoms with Crippen molar-refractivity contribution in [2.75, 3.05) is 47.0 Å². The maximum atomic E-state index is 12.9. The van der Waals surface area contributed by atoms with Crippen LogP contribution in [0.5, 0.6) is 5.75 Å². The molecular weight excluding hydrogens is 426 g/mol. The zero-order chi connectivity index (χ0) is 22.8. The van der Waals surface area contributed by atoms with Gasteiger partial charge in [-0.05, 0) is 42.4 Å². The van der Waals surface area contributed by atoms with Gasteiger partial charge in [-0.15, -0.1) is 0 Å². The lowest BCUT2D eigenvalue weighted by atomic mass is 9.74. The lowest BCUT2D eigenvalue weighted by Crippen LogP contribution is -2.49. The summed E-state index contributed by atoms with van der Waals surface area (Å²) >= 11 is -1.23. The summed E-state index contributed by atoms with van der Waals surface area (Å²) in [5.74, 6) is 0.427. The van der Waals surface area contributed by atoms with Crippen molar-refractivity contribution in [3.63, 3.8) is 0 Å². The number of hydrogen-bond acceptors (Lipinski definition) is 4. The van der Waals surface area contributed by atoms with E-state index in [0.717, 1.165) is 19.3 Å². The molecule has 3 rings (SSSR count). The molecule has 1 unspecified atom stereocenters. The van der Waals surface area contributed by atoms with E-state index in [4.69, 9.17) is 9.47 Å². The minimum Gasteiger partial charge on any atom is -0.496 e. The number of nitrogens with one attached hydrogen (secondary N) is 2. The average molecular weight is 460 g/mol. The quantitative estimate of drug-likeness (QED) is 0.506. The van der Waals surface area contributed by atoms with Gasteiger partial charge in [0.15, 0.2) is 11.2 Å². The van der Waals surface area contributed by atoms with E-state index in [1.54, 1.807) is 26.4 Å². The fourth-order valence-corrected chi connectivity index (χ4v) is 5.04. The van der Waals surface area contributed by atoms with Crippen LogP contribution in [0.25, 0.3) is 0 Å². The zero-order valence-electron chi connectivity index (χ0n) is 18.8. The molecule has 2 aromatic carbocycles. The van der Waals surface area contributed by atoms with Gasteiger partial charge in [0.1, 0.15) is 5.75 Å². The predicted molar refractivity (Wildman–Crippen MR) is 127 cm³/mol. The van der Waals surface area contributed by atoms with Crippen molar-refractivity contribution in [2.45, 2.75) is 19.3 Å². The van der Waals surface area contributed by atoms with Crippen molar-refractivity contribution in [3.05, 3.63) is 65.7 Å². The normalized spacial score (nSPS) is 16.9. The Morgan fingerprint density at radius 2 is 1.75 bits per heavy atom. The molecule has 1 aliphatic rings. The van der Waals surface area contributed by atoms with Crippen molar-refractivity contribution in [1.29, 1.82) is 0 Å². The van der Waals surface area contributed by atoms with Crippen LogP contribution in [0.4, 0.5) is 0 Å². The molecule has 0 saturated carbocycles. The number of piperidine rings is 1. The number of methoxy groups -OCH3 is 2. The number of amides is 1. The van der Waals surface area contributed by atoms with Crippen LogP contribution in [-0.2, 0) is 22.3 Å². The first kappa shape index (κ1) is 24.4. The van der Waals surface area contributed by atoms with Crippen LogP contribution in [0.3, 0.4) is 0 Å². The standard InChI is InChI=1S/C24H33N3O4S/c1-30-17-14-26-32(29)27-15-12-24(13-16-27,18-20-8-4-3-5-9-20)19-25-23(28)21-10-6-7-11-22(21)31-2/h3-11,26H,12-19H2,1-2H3,(H,25,28). The Morgan fingerprint density at radius 3 is 2.44 bits per heavy atom. The monoisotopic (exact) mass is 459 g/mol. The molecule has 1 atom stereocenters. The van der Waals surface area contributed by atoms with Crippen LogP contribution in [0.15, 0.2) is 54.6 Å². The lowest BCUT2D eigenvalue weighted by molar-refractivity contribution is 0.0892. The first-order valence-electron chi connectivity index (χ1n) is 10.9. The van der Waals surface area contributed by atoms with Gasteiger partial charge in [0.05, 0.1) is 19.3 Å². The van der Waals surface area contributed by atoms with Crippen molar-refractivity contribution in [2.24, 2.45) is 5.41 Å². The van der Waals surface area contributed by atoms with Crippen molar-refractivity contribution in [1.82, 2.24) is 14.3 Å². The summed E-state index contributed by atoms with van der Waals surface area (Å²) in [7, 11) is 3.20. The molecule has 1 aliphatic heterocycles. The third-order valence-electron chi connectivity index (χ3n) is 5.95. The molecule has 1 saturated heterocycles. The summed E-state index contributed by atoms with van der Waals surface area (Å²) < 4.78 is 27.9. The molecule has 7 nitrogen and oxygen atoms in total. The molecule has 0 aromatic heterocycles. The fourth-order valence-electron chi connectivity index (χ4n) is 4.09. The van der Waals surface area contributed by atoms with Gasteiger partial charge in [-0.1, -0.05) is 42.5 Å². The van der Waals surface area contributed by atoms with E-state index in [1.165, 1.54) is 5.56 Å². The molecule has 1 heterocycles. The van der Waals surface area contributed by atoms with E-state index in [9.17, 15) is 9.00 Å². The Balaban J connectivity index is 1.67. The molecule has 8 heteroatoms. The van der Waals surface area contributed by atoms with Crippen LogP contribution >= 0.6 is 0 Å². The number of ether oxygens (including phenoxy) is 2. The second-order valence-electron chi connectivity index (χ2n) is 8.11. The van der Waals surface area contributed by atoms with E-state index in [1.807, 2.05) is 34.6 Å². The van der Waals surface area contributed by atoms with E-state index in [0.29, 0.717) is 44.1 Å². The van der Waals surface area contributed by atoms with Gasteiger partial charge >= 0.3 is 0 Å². The van der Waals surface area contributed by atoms with Gasteiger partial charge in [-0.2, -0.15) is 0 Å². The number of benzene rings is 2. The first-order valence-corrected chi connectivity index (χ1v) is 12.0. The first-order chi connectivity index (χ1) is 15.6. The summed E-state index contributed by atoms with van der Waals surface area (Å²) in [6.07, 6.45) is 2.54. The summed E-state index contributed by atoms with van der Waals surface area (Å²) in [5.41, 5.74) is 1.67. The van der Waals surface area contributed by atoms with Crippen LogP contribution in [0.1, 0.15) is 28.8 Å². The van der Waals surface area contributed by atoms with Gasteiger partial charge in [0.25, 0.3) is 5.91 Å². The molecule has 0 bridgehead atoms. The Kier molecular flexibility index (Phi) is 9.23. The highest BCUT2D eigenvalue weighted by atomic mass is 32.2. The van der Waals surface area contributed by atoms with Crippen LogP contribution in [0.2, 0.25) is 0 Å². The molecule has 0 radical (unpaired) electrons. The van der Waals surface area contributed by atoms with Crippen molar-refractivity contribution >= 4 is 17.1 Å². The van der Waals surface area contributed by atoms with Gasteiger partial charge in [-0.3, -0.25) is 4.79 Å². The predicted octanol–water partition coefficient (Wildman–Crippen LogP) is 2.56. The number of carbonyl (C=O) groups is 1. The third kappa shape index (κ3) is 6.62. The van der Waals surface area contributed by atoms with E-state index < -0.39 is 11.2 Å². The maximum Gasteiger partial charge on any atom is 0.255 e. The highest BCUT2D eigenvalue weighted by Gasteiger charge is 2.36. The Hall–Kier alpha value is -2.26. The number of carbonyl (C=O) groups excluding carboxylic acids is 1. The van der Waals surface area contributed by atoms with Crippen molar-refractivity contribution < 1.29 is 18.5 Å². The highest BCUT2D eigenvalue weighted by molar-refractivity contribution is 7.80. The van der Waals surface area contributed by atoms with E-state index in [2.05, 4.69) is 22.2 Å². The number of para-hydroxylation sites is 1. The van der Waals surface area contributed by atoms with Gasteiger partial charge in [0.2, 0.25) is 0 Å². The molecule has 32 heavy (non-hydrogen) atoms. The average Bonchev–Trinajstić information content (AvgIpc) is 2.83. The molecule has 0 aliphatic carbocycles. The third-order valence-corrected chi connectivity index (χ3v) is 7.23.